The molecule has 2 aliphatic rings. The van der Waals surface area contributed by atoms with E-state index in [1.165, 1.54) is 5.56 Å². The number of benzene rings is 1. The summed E-state index contributed by atoms with van der Waals surface area (Å²) in [5.74, 6) is 0.516. The zero-order valence-corrected chi connectivity index (χ0v) is 11.1. The molecule has 0 aromatic heterocycles. The fourth-order valence-electron chi connectivity index (χ4n) is 2.56. The van der Waals surface area contributed by atoms with Gasteiger partial charge < -0.3 is 0 Å². The summed E-state index contributed by atoms with van der Waals surface area (Å²) in [4.78, 5) is 12.1. The Kier molecular flexibility index (Phi) is 2.92. The highest BCUT2D eigenvalue weighted by Crippen LogP contribution is 2.32. The third kappa shape index (κ3) is 2.06. The van der Waals surface area contributed by atoms with Gasteiger partial charge in [0.05, 0.1) is 4.90 Å². The second-order valence-corrected chi connectivity index (χ2v) is 6.46. The summed E-state index contributed by atoms with van der Waals surface area (Å²) < 4.78 is 14.3. The van der Waals surface area contributed by atoms with Crippen molar-refractivity contribution in [3.05, 3.63) is 41.5 Å². The third-order valence-corrected chi connectivity index (χ3v) is 4.98. The van der Waals surface area contributed by atoms with Crippen LogP contribution < -0.4 is 0 Å². The number of hydrogen-bond acceptors (Lipinski definition) is 2. The summed E-state index contributed by atoms with van der Waals surface area (Å²) in [5, 5.41) is 0. The molecule has 1 heterocycles. The second kappa shape index (κ2) is 4.44. The van der Waals surface area contributed by atoms with Crippen LogP contribution in [-0.4, -0.2) is 27.4 Å². The van der Waals surface area contributed by atoms with Gasteiger partial charge in [-0.25, -0.2) is 8.51 Å². The topological polar surface area (TPSA) is 37.4 Å². The number of fused-ring (bicyclic) bond motifs is 1. The van der Waals surface area contributed by atoms with Crippen LogP contribution in [0.5, 0.6) is 0 Å². The zero-order valence-electron chi connectivity index (χ0n) is 10.3. The first kappa shape index (κ1) is 11.8. The van der Waals surface area contributed by atoms with E-state index in [-0.39, 0.29) is 5.78 Å². The molecule has 18 heavy (non-hydrogen) atoms. The molecule has 0 radical (unpaired) electrons. The fourth-order valence-corrected chi connectivity index (χ4v) is 3.81. The van der Waals surface area contributed by atoms with Crippen molar-refractivity contribution < 1.29 is 9.00 Å². The molecule has 1 aliphatic carbocycles. The minimum absolute atomic E-state index is 0.218. The molecule has 1 fully saturated rings. The standard InChI is InChI=1S/C14H15NO2S/c1-10-2-4-14(5-3-10)18(17)15-8-11-6-13(16)7-12(11)9-15/h2-6,12H,7-9H2,1H3/t12-,18+/m1/s1. The normalized spacial score (nSPS) is 25.1. The van der Waals surface area contributed by atoms with Gasteiger partial charge in [0.1, 0.15) is 11.0 Å². The lowest BCUT2D eigenvalue weighted by atomic mass is 10.1. The van der Waals surface area contributed by atoms with Crippen molar-refractivity contribution in [1.82, 2.24) is 4.31 Å². The molecular formula is C14H15NO2S. The summed E-state index contributed by atoms with van der Waals surface area (Å²) in [6.45, 7) is 3.42. The molecule has 0 bridgehead atoms. The number of nitrogens with zero attached hydrogens (tertiary/aromatic N) is 1. The number of carbonyl (C=O) groups excluding carboxylic acids is 1. The van der Waals surface area contributed by atoms with E-state index in [2.05, 4.69) is 0 Å². The van der Waals surface area contributed by atoms with E-state index in [1.807, 2.05) is 35.5 Å². The van der Waals surface area contributed by atoms with Gasteiger partial charge in [-0.2, -0.15) is 0 Å². The number of hydrogen-bond donors (Lipinski definition) is 0. The highest BCUT2D eigenvalue weighted by Gasteiger charge is 2.35. The summed E-state index contributed by atoms with van der Waals surface area (Å²) in [5.41, 5.74) is 2.32. The number of ketones is 1. The first-order chi connectivity index (χ1) is 8.63. The van der Waals surface area contributed by atoms with Crippen molar-refractivity contribution in [2.75, 3.05) is 13.1 Å². The Morgan fingerprint density at radius 1 is 1.28 bits per heavy atom. The molecule has 3 rings (SSSR count). The van der Waals surface area contributed by atoms with Crippen LogP contribution in [0.2, 0.25) is 0 Å². The van der Waals surface area contributed by atoms with E-state index in [0.717, 1.165) is 17.0 Å². The maximum absolute atomic E-state index is 12.4. The zero-order chi connectivity index (χ0) is 12.7. The monoisotopic (exact) mass is 261 g/mol. The van der Waals surface area contributed by atoms with Crippen molar-refractivity contribution >= 4 is 16.8 Å². The molecule has 0 spiro atoms. The van der Waals surface area contributed by atoms with Gasteiger partial charge in [0.15, 0.2) is 5.78 Å². The van der Waals surface area contributed by atoms with Crippen LogP contribution in [0.15, 0.2) is 40.8 Å². The Bertz CT molecular complexity index is 547. The Labute approximate surface area is 109 Å². The summed E-state index contributed by atoms with van der Waals surface area (Å²) in [6, 6.07) is 7.79. The first-order valence-corrected chi connectivity index (χ1v) is 7.21. The van der Waals surface area contributed by atoms with Gasteiger partial charge in [-0.3, -0.25) is 4.79 Å². The van der Waals surface area contributed by atoms with Crippen LogP contribution in [0.1, 0.15) is 12.0 Å². The first-order valence-electron chi connectivity index (χ1n) is 6.10. The quantitative estimate of drug-likeness (QED) is 0.814. The highest BCUT2D eigenvalue weighted by molar-refractivity contribution is 7.82. The lowest BCUT2D eigenvalue weighted by molar-refractivity contribution is -0.114. The van der Waals surface area contributed by atoms with Crippen LogP contribution in [0.4, 0.5) is 0 Å². The largest absolute Gasteiger partial charge is 0.295 e. The van der Waals surface area contributed by atoms with E-state index in [1.54, 1.807) is 6.08 Å². The van der Waals surface area contributed by atoms with Gasteiger partial charge >= 0.3 is 0 Å². The predicted octanol–water partition coefficient (Wildman–Crippen LogP) is 1.85. The summed E-state index contributed by atoms with van der Waals surface area (Å²) >= 11 is 0. The fraction of sp³-hybridized carbons (Fsp3) is 0.357. The average molecular weight is 261 g/mol. The predicted molar refractivity (Wildman–Crippen MR) is 70.4 cm³/mol. The van der Waals surface area contributed by atoms with Crippen LogP contribution in [0, 0.1) is 12.8 Å². The summed E-state index contributed by atoms with van der Waals surface area (Å²) in [7, 11) is -1.11. The Morgan fingerprint density at radius 2 is 2.00 bits per heavy atom. The third-order valence-electron chi connectivity index (χ3n) is 3.56. The number of allylic oxidation sites excluding steroid dienone is 1. The lowest BCUT2D eigenvalue weighted by Crippen LogP contribution is -2.24. The Morgan fingerprint density at radius 3 is 2.67 bits per heavy atom. The molecule has 1 aliphatic heterocycles. The molecule has 4 heteroatoms. The molecule has 1 saturated heterocycles. The minimum Gasteiger partial charge on any atom is -0.295 e. The van der Waals surface area contributed by atoms with Crippen molar-refractivity contribution in [2.24, 2.45) is 5.92 Å². The molecule has 1 aromatic rings. The molecule has 0 unspecified atom stereocenters. The van der Waals surface area contributed by atoms with Gasteiger partial charge in [0.2, 0.25) is 0 Å². The molecule has 0 saturated carbocycles. The summed E-state index contributed by atoms with van der Waals surface area (Å²) in [6.07, 6.45) is 2.33. The average Bonchev–Trinajstić information content (AvgIpc) is 2.86. The molecule has 0 amide bonds. The molecule has 0 N–H and O–H groups in total. The van der Waals surface area contributed by atoms with E-state index in [9.17, 15) is 9.00 Å². The van der Waals surface area contributed by atoms with Crippen LogP contribution in [-0.2, 0) is 15.8 Å². The number of rotatable bonds is 2. The van der Waals surface area contributed by atoms with Crippen molar-refractivity contribution in [3.8, 4) is 0 Å². The molecular weight excluding hydrogens is 246 g/mol. The van der Waals surface area contributed by atoms with Crippen LogP contribution in [0.3, 0.4) is 0 Å². The van der Waals surface area contributed by atoms with Crippen molar-refractivity contribution in [3.63, 3.8) is 0 Å². The van der Waals surface area contributed by atoms with E-state index in [4.69, 9.17) is 0 Å². The molecule has 2 atom stereocenters. The van der Waals surface area contributed by atoms with Gasteiger partial charge in [-0.1, -0.05) is 17.7 Å². The molecule has 94 valence electrons. The lowest BCUT2D eigenvalue weighted by Gasteiger charge is -2.14. The number of aryl methyl sites for hydroxylation is 1. The smallest absolute Gasteiger partial charge is 0.156 e. The minimum atomic E-state index is -1.11. The van der Waals surface area contributed by atoms with Gasteiger partial charge in [-0.15, -0.1) is 0 Å². The molecule has 3 nitrogen and oxygen atoms in total. The maximum atomic E-state index is 12.4. The highest BCUT2D eigenvalue weighted by atomic mass is 32.2. The maximum Gasteiger partial charge on any atom is 0.156 e. The van der Waals surface area contributed by atoms with E-state index in [0.29, 0.717) is 18.9 Å². The van der Waals surface area contributed by atoms with E-state index < -0.39 is 11.0 Å². The van der Waals surface area contributed by atoms with Crippen molar-refractivity contribution in [2.45, 2.75) is 18.2 Å². The van der Waals surface area contributed by atoms with Gasteiger partial charge in [-0.05, 0) is 30.7 Å². The Balaban J connectivity index is 1.77. The number of carbonyl (C=O) groups is 1. The second-order valence-electron chi connectivity index (χ2n) is 4.97. The SMILES string of the molecule is Cc1ccc([S@](=O)N2CC3=CC(=O)C[C@@H]3C2)cc1. The van der Waals surface area contributed by atoms with Gasteiger partial charge in [0, 0.05) is 25.4 Å². The van der Waals surface area contributed by atoms with Gasteiger partial charge in [0.25, 0.3) is 0 Å². The van der Waals surface area contributed by atoms with Crippen LogP contribution in [0.25, 0.3) is 0 Å². The van der Waals surface area contributed by atoms with E-state index >= 15 is 0 Å². The van der Waals surface area contributed by atoms with Crippen molar-refractivity contribution in [1.29, 1.82) is 0 Å². The Hall–Kier alpha value is -1.26. The molecule has 1 aromatic carbocycles. The van der Waals surface area contributed by atoms with Crippen LogP contribution >= 0.6 is 0 Å².